The molecule has 0 unspecified atom stereocenters. The number of ketones is 1. The number of cyclic esters (lactones) is 1. The number of aliphatic hydroxyl groups excluding tert-OH is 2. The Morgan fingerprint density at radius 1 is 0.967 bits per heavy atom. The van der Waals surface area contributed by atoms with Crippen molar-refractivity contribution in [3.63, 3.8) is 0 Å². The standard InChI is InChI=1S/C46H74N2O12.CH4/c1-11-19-58-47-34-26-37(50)31(7)41(29(5)23-32-16-17-36(49)38(25-32)55-8)59-45(53)35-15-13-14-18-48(35)44(52)43(51)46(54)30(6)24-40(57-10)42(60-46)39(56-9)22-28(4)20-27(3)21-33(34)12-2;/h11,21,23,28,30-33,35-42,49-50,54H,1,12-20,22,24-26H2,2-10H3;1H4/b27-21+,29-23+,47-34-;/t28-,30+,31+,32-,33+,35-,36+,37-,38+,39-,40-,41+,42+,46+;/m0./s1. The number of hydrogen-bond donors (Lipinski definition) is 3. The normalized spacial score (nSPS) is 39.5. The SMILES string of the molecule is C.C=CCO/N=C1/C[C@H](O)[C@@H](C)[C@@H](/C(C)=C/[C@@H]2CC[C@@H](O)[C@H](OC)C2)OC(=O)[C@@H]2CCCCN2C(=O)C(=O)[C@]2(O)O[C@H]([C@@H](OC)C[C@@H](C)C/C(C)=C/[C@H]1CC)[C@@H](OC)C[C@H]2C. The summed E-state index contributed by atoms with van der Waals surface area (Å²) in [5.74, 6) is -6.96. The summed E-state index contributed by atoms with van der Waals surface area (Å²) in [4.78, 5) is 49.9. The molecule has 2 bridgehead atoms. The molecule has 0 aromatic heterocycles. The molecule has 14 heteroatoms. The number of methoxy groups -OCH3 is 3. The second-order valence-electron chi connectivity index (χ2n) is 17.9. The molecule has 0 aromatic rings. The van der Waals surface area contributed by atoms with E-state index in [2.05, 4.69) is 31.7 Å². The summed E-state index contributed by atoms with van der Waals surface area (Å²) in [6, 6.07) is -1.12. The number of hydrogen-bond acceptors (Lipinski definition) is 13. The number of allylic oxidation sites excluding steroid dienone is 3. The predicted octanol–water partition coefficient (Wildman–Crippen LogP) is 6.10. The van der Waals surface area contributed by atoms with E-state index in [0.717, 1.165) is 5.57 Å². The van der Waals surface area contributed by atoms with Gasteiger partial charge in [-0.25, -0.2) is 4.79 Å². The van der Waals surface area contributed by atoms with Crippen molar-refractivity contribution >= 4 is 23.4 Å². The molecular weight excluding hydrogens is 785 g/mol. The molecule has 0 aromatic carbocycles. The molecule has 61 heavy (non-hydrogen) atoms. The van der Waals surface area contributed by atoms with Gasteiger partial charge in [0.2, 0.25) is 5.79 Å². The number of esters is 1. The van der Waals surface area contributed by atoms with Gasteiger partial charge in [0.25, 0.3) is 11.7 Å². The Bertz CT molecular complexity index is 1550. The molecule has 3 fully saturated rings. The summed E-state index contributed by atoms with van der Waals surface area (Å²) in [5, 5.41) is 39.2. The largest absolute Gasteiger partial charge is 0.456 e. The zero-order chi connectivity index (χ0) is 44.3. The van der Waals surface area contributed by atoms with Crippen LogP contribution in [0.3, 0.4) is 0 Å². The number of rotatable bonds is 9. The number of amides is 1. The van der Waals surface area contributed by atoms with Crippen molar-refractivity contribution in [3.8, 4) is 0 Å². The summed E-state index contributed by atoms with van der Waals surface area (Å²) in [6.07, 6.45) is 6.31. The summed E-state index contributed by atoms with van der Waals surface area (Å²) in [7, 11) is 4.68. The van der Waals surface area contributed by atoms with Crippen molar-refractivity contribution in [2.45, 2.75) is 174 Å². The minimum atomic E-state index is -2.50. The molecule has 0 radical (unpaired) electrons. The van der Waals surface area contributed by atoms with E-state index in [1.54, 1.807) is 34.3 Å². The Labute approximate surface area is 365 Å². The van der Waals surface area contributed by atoms with Gasteiger partial charge in [0.05, 0.1) is 36.2 Å². The van der Waals surface area contributed by atoms with Crippen molar-refractivity contribution < 1.29 is 58.2 Å². The minimum absolute atomic E-state index is 0. The molecule has 4 aliphatic rings. The lowest BCUT2D eigenvalue weighted by molar-refractivity contribution is -0.302. The van der Waals surface area contributed by atoms with Crippen LogP contribution in [0.1, 0.15) is 120 Å². The minimum Gasteiger partial charge on any atom is -0.456 e. The van der Waals surface area contributed by atoms with Gasteiger partial charge < -0.3 is 48.7 Å². The smallest absolute Gasteiger partial charge is 0.329 e. The van der Waals surface area contributed by atoms with Crippen molar-refractivity contribution in [2.75, 3.05) is 34.5 Å². The van der Waals surface area contributed by atoms with Crippen LogP contribution in [0.2, 0.25) is 0 Å². The fraction of sp³-hybridized carbons (Fsp3) is 0.787. The second-order valence-corrected chi connectivity index (χ2v) is 17.9. The van der Waals surface area contributed by atoms with Gasteiger partial charge in [-0.1, -0.05) is 70.7 Å². The summed E-state index contributed by atoms with van der Waals surface area (Å²) >= 11 is 0. The highest BCUT2D eigenvalue weighted by Crippen LogP contribution is 2.39. The van der Waals surface area contributed by atoms with E-state index in [0.29, 0.717) is 62.7 Å². The Kier molecular flexibility index (Phi) is 20.8. The van der Waals surface area contributed by atoms with Crippen LogP contribution >= 0.6 is 0 Å². The van der Waals surface area contributed by atoms with Gasteiger partial charge in [-0.05, 0) is 95.5 Å². The average Bonchev–Trinajstić information content (AvgIpc) is 3.23. The highest BCUT2D eigenvalue weighted by molar-refractivity contribution is 6.39. The molecule has 3 aliphatic heterocycles. The first-order chi connectivity index (χ1) is 28.5. The van der Waals surface area contributed by atoms with Crippen LogP contribution in [0.5, 0.6) is 0 Å². The van der Waals surface area contributed by atoms with Crippen molar-refractivity contribution in [3.05, 3.63) is 36.0 Å². The summed E-state index contributed by atoms with van der Waals surface area (Å²) in [6.45, 7) is 15.6. The fourth-order valence-corrected chi connectivity index (χ4v) is 9.69. The first kappa shape index (κ1) is 52.4. The average molecular weight is 863 g/mol. The van der Waals surface area contributed by atoms with Crippen LogP contribution in [0.25, 0.3) is 0 Å². The van der Waals surface area contributed by atoms with Crippen LogP contribution < -0.4 is 0 Å². The lowest BCUT2D eigenvalue weighted by Crippen LogP contribution is -2.64. The van der Waals surface area contributed by atoms with Gasteiger partial charge in [0, 0.05) is 52.0 Å². The van der Waals surface area contributed by atoms with Crippen LogP contribution in [-0.4, -0.2) is 133 Å². The molecule has 4 rings (SSSR count). The van der Waals surface area contributed by atoms with E-state index >= 15 is 0 Å². The Hall–Kier alpha value is -2.98. The lowest BCUT2D eigenvalue weighted by atomic mass is 9.81. The van der Waals surface area contributed by atoms with Gasteiger partial charge in [0.15, 0.2) is 0 Å². The number of oxime groups is 1. The number of carbonyl (C=O) groups is 3. The Morgan fingerprint density at radius 2 is 1.64 bits per heavy atom. The van der Waals surface area contributed by atoms with Gasteiger partial charge in [0.1, 0.15) is 24.9 Å². The molecule has 14 atom stereocenters. The van der Waals surface area contributed by atoms with E-state index in [-0.39, 0.29) is 63.7 Å². The maximum absolute atomic E-state index is 14.5. The maximum atomic E-state index is 14.5. The number of piperidine rings is 1. The molecule has 3 heterocycles. The highest BCUT2D eigenvalue weighted by Gasteiger charge is 2.56. The van der Waals surface area contributed by atoms with E-state index in [1.807, 2.05) is 26.8 Å². The van der Waals surface area contributed by atoms with Crippen LogP contribution in [0, 0.1) is 29.6 Å². The fourth-order valence-electron chi connectivity index (χ4n) is 9.69. The predicted molar refractivity (Wildman–Crippen MR) is 233 cm³/mol. The third-order valence-corrected chi connectivity index (χ3v) is 13.3. The van der Waals surface area contributed by atoms with Gasteiger partial charge in [-0.3, -0.25) is 9.59 Å². The zero-order valence-corrected chi connectivity index (χ0v) is 37.5. The molecule has 1 amide bonds. The van der Waals surface area contributed by atoms with Gasteiger partial charge in [-0.15, -0.1) is 0 Å². The monoisotopic (exact) mass is 863 g/mol. The molecule has 348 valence electrons. The van der Waals surface area contributed by atoms with E-state index in [1.165, 1.54) is 4.90 Å². The number of ether oxygens (including phenoxy) is 5. The number of fused-ring (bicyclic) bond motifs is 3. The number of carbonyl (C=O) groups excluding carboxylic acids is 3. The van der Waals surface area contributed by atoms with Gasteiger partial charge in [-0.2, -0.15) is 0 Å². The molecule has 1 saturated carbocycles. The lowest BCUT2D eigenvalue weighted by Gasteiger charge is -2.47. The quantitative estimate of drug-likeness (QED) is 0.0798. The first-order valence-corrected chi connectivity index (χ1v) is 22.1. The number of aliphatic hydroxyl groups is 3. The topological polar surface area (TPSA) is 183 Å². The van der Waals surface area contributed by atoms with E-state index in [4.69, 9.17) is 28.5 Å². The summed E-state index contributed by atoms with van der Waals surface area (Å²) < 4.78 is 30.1. The van der Waals surface area contributed by atoms with Crippen molar-refractivity contribution in [1.29, 1.82) is 0 Å². The molecule has 3 N–H and O–H groups in total. The van der Waals surface area contributed by atoms with E-state index < -0.39 is 77.9 Å². The number of Topliss-reactive ketones (excluding diaryl/α,β-unsaturated/α-hetero) is 1. The van der Waals surface area contributed by atoms with E-state index in [9.17, 15) is 29.7 Å². The zero-order valence-electron chi connectivity index (χ0n) is 37.5. The second kappa shape index (κ2) is 24.2. The highest BCUT2D eigenvalue weighted by atomic mass is 16.7. The molecule has 1 aliphatic carbocycles. The third-order valence-electron chi connectivity index (χ3n) is 13.3. The first-order valence-electron chi connectivity index (χ1n) is 22.1. The third kappa shape index (κ3) is 13.0. The Balaban J connectivity index is 0.00000992. The van der Waals surface area contributed by atoms with Crippen molar-refractivity contribution in [2.24, 2.45) is 34.7 Å². The van der Waals surface area contributed by atoms with Crippen LogP contribution in [-0.2, 0) is 42.9 Å². The van der Waals surface area contributed by atoms with Crippen LogP contribution in [0.15, 0.2) is 41.1 Å². The number of nitrogens with zero attached hydrogens (tertiary/aromatic N) is 2. The molecule has 0 spiro atoms. The molecule has 2 saturated heterocycles. The van der Waals surface area contributed by atoms with Gasteiger partial charge >= 0.3 is 5.97 Å². The molecular formula is C47H78N2O12. The molecule has 14 nitrogen and oxygen atoms in total. The Morgan fingerprint density at radius 3 is 2.28 bits per heavy atom. The summed E-state index contributed by atoms with van der Waals surface area (Å²) in [5.41, 5.74) is 2.43. The van der Waals surface area contributed by atoms with Crippen molar-refractivity contribution in [1.82, 2.24) is 4.90 Å². The van der Waals surface area contributed by atoms with Crippen LogP contribution in [0.4, 0.5) is 0 Å². The maximum Gasteiger partial charge on any atom is 0.329 e.